The molecule has 4 nitrogen and oxygen atoms in total. The number of thioether (sulfide) groups is 1. The van der Waals surface area contributed by atoms with Crippen LogP contribution in [0.25, 0.3) is 0 Å². The Labute approximate surface area is 165 Å². The molecule has 1 N–H and O–H groups in total. The van der Waals surface area contributed by atoms with Crippen molar-refractivity contribution < 1.29 is 4.79 Å². The zero-order chi connectivity index (χ0) is 18.2. The average molecular weight is 392 g/mol. The molecule has 1 atom stereocenters. The molecule has 134 valence electrons. The van der Waals surface area contributed by atoms with Gasteiger partial charge in [-0.25, -0.2) is 0 Å². The number of carbonyl (C=O) groups is 1. The molecule has 6 heteroatoms. The fourth-order valence-corrected chi connectivity index (χ4v) is 5.68. The zero-order valence-corrected chi connectivity index (χ0v) is 16.1. The monoisotopic (exact) mass is 391 g/mol. The van der Waals surface area contributed by atoms with Crippen molar-refractivity contribution in [2.75, 3.05) is 11.2 Å². The number of hydrogen-bond acceptors (Lipinski definition) is 5. The van der Waals surface area contributed by atoms with Crippen molar-refractivity contribution in [3.8, 4) is 0 Å². The van der Waals surface area contributed by atoms with Crippen LogP contribution in [0.3, 0.4) is 0 Å². The summed E-state index contributed by atoms with van der Waals surface area (Å²) >= 11 is 3.45. The lowest BCUT2D eigenvalue weighted by Crippen LogP contribution is -2.29. The van der Waals surface area contributed by atoms with Crippen LogP contribution >= 0.6 is 23.1 Å². The van der Waals surface area contributed by atoms with Crippen LogP contribution in [0, 0.1) is 0 Å². The number of fused-ring (bicyclic) bond motifs is 4. The molecule has 2 aliphatic rings. The van der Waals surface area contributed by atoms with Crippen molar-refractivity contribution in [3.05, 3.63) is 87.6 Å². The lowest BCUT2D eigenvalue weighted by Gasteiger charge is -2.27. The molecule has 0 saturated carbocycles. The van der Waals surface area contributed by atoms with Crippen LogP contribution in [0.5, 0.6) is 0 Å². The number of benzene rings is 2. The van der Waals surface area contributed by atoms with Crippen LogP contribution < -0.4 is 5.43 Å². The second-order valence-corrected chi connectivity index (χ2v) is 8.55. The van der Waals surface area contributed by atoms with E-state index in [9.17, 15) is 4.79 Å². The summed E-state index contributed by atoms with van der Waals surface area (Å²) in [7, 11) is 0. The highest BCUT2D eigenvalue weighted by Gasteiger charge is 2.38. The summed E-state index contributed by atoms with van der Waals surface area (Å²) in [6, 6.07) is 20.0. The van der Waals surface area contributed by atoms with Gasteiger partial charge < -0.3 is 4.90 Å². The summed E-state index contributed by atoms with van der Waals surface area (Å²) in [5.41, 5.74) is 8.25. The van der Waals surface area contributed by atoms with Gasteiger partial charge in [-0.1, -0.05) is 36.4 Å². The van der Waals surface area contributed by atoms with E-state index in [1.165, 1.54) is 4.88 Å². The number of rotatable bonds is 2. The molecule has 0 saturated heterocycles. The van der Waals surface area contributed by atoms with E-state index in [1.807, 2.05) is 53.4 Å². The number of carbonyl (C=O) groups excluding carboxylic acids is 1. The molecule has 27 heavy (non-hydrogen) atoms. The third-order valence-electron chi connectivity index (χ3n) is 4.84. The number of nitrogens with zero attached hydrogens (tertiary/aromatic N) is 2. The molecule has 3 heterocycles. The summed E-state index contributed by atoms with van der Waals surface area (Å²) in [6.45, 7) is 0.628. The maximum Gasteiger partial charge on any atom is 0.255 e. The molecule has 1 unspecified atom stereocenters. The molecule has 2 aromatic carbocycles. The standard InChI is InChI=1S/C21H17N3OS2/c25-20-15-8-4-5-9-16(15)21-24(20)12-19-17(10-11-26-19)18(13-27-21)23-22-14-6-2-1-3-7-14/h1-11,21-22H,12-13H2/b23-18+. The summed E-state index contributed by atoms with van der Waals surface area (Å²) in [5.74, 6) is 0.872. The zero-order valence-electron chi connectivity index (χ0n) is 14.5. The number of hydrazone groups is 1. The van der Waals surface area contributed by atoms with Crippen molar-refractivity contribution in [2.45, 2.75) is 11.9 Å². The number of nitrogens with one attached hydrogen (secondary N) is 1. The molecular weight excluding hydrogens is 374 g/mol. The van der Waals surface area contributed by atoms with Gasteiger partial charge in [-0.15, -0.1) is 23.1 Å². The Morgan fingerprint density at radius 1 is 1.00 bits per heavy atom. The van der Waals surface area contributed by atoms with Crippen LogP contribution in [0.15, 0.2) is 71.1 Å². The summed E-state index contributed by atoms with van der Waals surface area (Å²) in [6.07, 6.45) is 0. The van der Waals surface area contributed by atoms with Gasteiger partial charge in [0.15, 0.2) is 0 Å². The molecule has 1 aromatic heterocycles. The first-order valence-corrected chi connectivity index (χ1v) is 10.7. The first kappa shape index (κ1) is 16.6. The summed E-state index contributed by atoms with van der Waals surface area (Å²) in [5, 5.41) is 6.84. The van der Waals surface area contributed by atoms with Gasteiger partial charge in [0.25, 0.3) is 5.91 Å². The maximum absolute atomic E-state index is 12.9. The molecule has 0 bridgehead atoms. The van der Waals surface area contributed by atoms with Crippen LogP contribution in [0.4, 0.5) is 5.69 Å². The van der Waals surface area contributed by atoms with Crippen LogP contribution in [-0.2, 0) is 6.54 Å². The van der Waals surface area contributed by atoms with E-state index in [1.54, 1.807) is 23.1 Å². The Balaban J connectivity index is 1.50. The van der Waals surface area contributed by atoms with Gasteiger partial charge in [-0.05, 0) is 35.2 Å². The fourth-order valence-electron chi connectivity index (χ4n) is 3.52. The van der Waals surface area contributed by atoms with E-state index in [-0.39, 0.29) is 11.3 Å². The number of amides is 1. The van der Waals surface area contributed by atoms with Crippen molar-refractivity contribution in [1.82, 2.24) is 4.90 Å². The van der Waals surface area contributed by atoms with Crippen LogP contribution in [-0.4, -0.2) is 22.3 Å². The molecular formula is C21H17N3OS2. The fraction of sp³-hybridized carbons (Fsp3) is 0.143. The van der Waals surface area contributed by atoms with E-state index in [4.69, 9.17) is 5.10 Å². The molecule has 0 fully saturated rings. The molecule has 1 amide bonds. The molecule has 2 aliphatic heterocycles. The summed E-state index contributed by atoms with van der Waals surface area (Å²) in [4.78, 5) is 16.1. The first-order chi connectivity index (χ1) is 13.3. The quantitative estimate of drug-likeness (QED) is 0.628. The third-order valence-corrected chi connectivity index (χ3v) is 7.01. The predicted molar refractivity (Wildman–Crippen MR) is 112 cm³/mol. The minimum Gasteiger partial charge on any atom is -0.317 e. The van der Waals surface area contributed by atoms with E-state index in [2.05, 4.69) is 22.9 Å². The van der Waals surface area contributed by atoms with Crippen LogP contribution in [0.2, 0.25) is 0 Å². The van der Waals surface area contributed by atoms with Gasteiger partial charge in [0.05, 0.1) is 17.9 Å². The predicted octanol–water partition coefficient (Wildman–Crippen LogP) is 4.97. The highest BCUT2D eigenvalue weighted by molar-refractivity contribution is 8.00. The van der Waals surface area contributed by atoms with E-state index in [0.29, 0.717) is 6.54 Å². The molecule has 0 aliphatic carbocycles. The van der Waals surface area contributed by atoms with Crippen molar-refractivity contribution >= 4 is 40.4 Å². The summed E-state index contributed by atoms with van der Waals surface area (Å²) < 4.78 is 0. The van der Waals surface area contributed by atoms with Gasteiger partial charge in [-0.3, -0.25) is 10.2 Å². The molecule has 0 spiro atoms. The normalized spacial score (nSPS) is 19.9. The third kappa shape index (κ3) is 2.95. The van der Waals surface area contributed by atoms with Gasteiger partial charge in [0.1, 0.15) is 5.37 Å². The second kappa shape index (κ2) is 6.87. The van der Waals surface area contributed by atoms with Crippen LogP contribution in [0.1, 0.15) is 31.7 Å². The molecule has 0 radical (unpaired) electrons. The maximum atomic E-state index is 12.9. The number of para-hydroxylation sites is 1. The molecule has 5 rings (SSSR count). The van der Waals surface area contributed by atoms with E-state index < -0.39 is 0 Å². The Kier molecular flexibility index (Phi) is 4.22. The highest BCUT2D eigenvalue weighted by Crippen LogP contribution is 2.44. The largest absolute Gasteiger partial charge is 0.317 e. The van der Waals surface area contributed by atoms with Crippen molar-refractivity contribution in [3.63, 3.8) is 0 Å². The number of hydrogen-bond donors (Lipinski definition) is 1. The van der Waals surface area contributed by atoms with Gasteiger partial charge in [-0.2, -0.15) is 5.10 Å². The minimum absolute atomic E-state index is 0.0471. The lowest BCUT2D eigenvalue weighted by atomic mass is 10.1. The Bertz CT molecular complexity index is 1030. The Morgan fingerprint density at radius 2 is 1.81 bits per heavy atom. The first-order valence-electron chi connectivity index (χ1n) is 8.77. The number of thiophene rings is 1. The van der Waals surface area contributed by atoms with Gasteiger partial charge >= 0.3 is 0 Å². The van der Waals surface area contributed by atoms with Gasteiger partial charge in [0, 0.05) is 21.8 Å². The molecule has 3 aromatic rings. The Morgan fingerprint density at radius 3 is 2.70 bits per heavy atom. The average Bonchev–Trinajstić information content (AvgIpc) is 3.25. The topological polar surface area (TPSA) is 44.7 Å². The van der Waals surface area contributed by atoms with E-state index in [0.717, 1.165) is 33.8 Å². The lowest BCUT2D eigenvalue weighted by molar-refractivity contribution is 0.0763. The second-order valence-electron chi connectivity index (χ2n) is 6.48. The minimum atomic E-state index is 0.0471. The van der Waals surface area contributed by atoms with Crippen molar-refractivity contribution in [2.24, 2.45) is 5.10 Å². The smallest absolute Gasteiger partial charge is 0.255 e. The Hall–Kier alpha value is -2.57. The van der Waals surface area contributed by atoms with Crippen molar-refractivity contribution in [1.29, 1.82) is 0 Å². The van der Waals surface area contributed by atoms with Gasteiger partial charge in [0.2, 0.25) is 0 Å². The highest BCUT2D eigenvalue weighted by atomic mass is 32.2. The SMILES string of the molecule is O=C1c2ccccc2C2SC/C(=N\Nc3ccccc3)c3ccsc3CN12. The number of anilines is 1. The van der Waals surface area contributed by atoms with E-state index >= 15 is 0 Å².